The first kappa shape index (κ1) is 19.0. The molecule has 0 atom stereocenters. The number of hydrogen-bond acceptors (Lipinski definition) is 4. The van der Waals surface area contributed by atoms with Crippen molar-refractivity contribution in [2.24, 2.45) is 5.10 Å². The highest BCUT2D eigenvalue weighted by atomic mass is 19.1. The molecule has 0 spiro atoms. The van der Waals surface area contributed by atoms with Crippen LogP contribution in [-0.2, 0) is 11.2 Å². The molecule has 0 radical (unpaired) electrons. The molecule has 142 valence electrons. The number of carbonyl (C=O) groups is 2. The molecule has 6 nitrogen and oxygen atoms in total. The summed E-state index contributed by atoms with van der Waals surface area (Å²) in [6.45, 7) is 1.80. The number of carboxylic acid groups (broad SMARTS) is 1. The van der Waals surface area contributed by atoms with E-state index in [1.165, 1.54) is 36.5 Å². The predicted molar refractivity (Wildman–Crippen MR) is 102 cm³/mol. The first-order chi connectivity index (χ1) is 13.4. The second-order valence-corrected chi connectivity index (χ2v) is 6.13. The third-order valence-electron chi connectivity index (χ3n) is 4.02. The molecule has 1 heterocycles. The zero-order valence-corrected chi connectivity index (χ0v) is 15.0. The van der Waals surface area contributed by atoms with Crippen LogP contribution in [0, 0.1) is 12.7 Å². The van der Waals surface area contributed by atoms with Gasteiger partial charge in [0.25, 0.3) is 0 Å². The Kier molecular flexibility index (Phi) is 5.64. The van der Waals surface area contributed by atoms with Gasteiger partial charge in [-0.25, -0.2) is 14.6 Å². The zero-order chi connectivity index (χ0) is 20.1. The van der Waals surface area contributed by atoms with Crippen molar-refractivity contribution in [1.29, 1.82) is 0 Å². The Bertz CT molecular complexity index is 1040. The SMILES string of the molecule is Cc1cc(C(=O)O)ccc1-c1ccc(/C=N/NC(=O)Cc2ccc(F)cc2)o1. The number of carboxylic acids is 1. The van der Waals surface area contributed by atoms with E-state index in [0.717, 1.165) is 11.1 Å². The van der Waals surface area contributed by atoms with Crippen LogP contribution < -0.4 is 5.43 Å². The van der Waals surface area contributed by atoms with E-state index in [2.05, 4.69) is 10.5 Å². The van der Waals surface area contributed by atoms with E-state index in [9.17, 15) is 14.0 Å². The summed E-state index contributed by atoms with van der Waals surface area (Å²) < 4.78 is 18.5. The van der Waals surface area contributed by atoms with E-state index in [0.29, 0.717) is 17.1 Å². The van der Waals surface area contributed by atoms with Crippen molar-refractivity contribution in [1.82, 2.24) is 5.43 Å². The van der Waals surface area contributed by atoms with Gasteiger partial charge in [-0.1, -0.05) is 18.2 Å². The fourth-order valence-electron chi connectivity index (χ4n) is 2.64. The molecule has 0 fully saturated rings. The van der Waals surface area contributed by atoms with Crippen LogP contribution in [0.4, 0.5) is 4.39 Å². The summed E-state index contributed by atoms with van der Waals surface area (Å²) in [7, 11) is 0. The van der Waals surface area contributed by atoms with Gasteiger partial charge < -0.3 is 9.52 Å². The molecular formula is C21H17FN2O4. The van der Waals surface area contributed by atoms with Gasteiger partial charge in [-0.05, 0) is 54.4 Å². The Hall–Kier alpha value is -3.74. The summed E-state index contributed by atoms with van der Waals surface area (Å²) in [5.41, 5.74) is 4.81. The number of furan rings is 1. The summed E-state index contributed by atoms with van der Waals surface area (Å²) in [5, 5.41) is 12.9. The van der Waals surface area contributed by atoms with Crippen LogP contribution in [0.25, 0.3) is 11.3 Å². The van der Waals surface area contributed by atoms with E-state index in [1.54, 1.807) is 31.2 Å². The van der Waals surface area contributed by atoms with Gasteiger partial charge in [0.1, 0.15) is 17.3 Å². The van der Waals surface area contributed by atoms with Crippen molar-refractivity contribution in [3.05, 3.63) is 82.9 Å². The molecule has 0 aliphatic rings. The van der Waals surface area contributed by atoms with Gasteiger partial charge in [0.15, 0.2) is 0 Å². The lowest BCUT2D eigenvalue weighted by atomic mass is 10.0. The maximum absolute atomic E-state index is 12.9. The van der Waals surface area contributed by atoms with Gasteiger partial charge in [-0.2, -0.15) is 5.10 Å². The van der Waals surface area contributed by atoms with E-state index < -0.39 is 5.97 Å². The fraction of sp³-hybridized carbons (Fsp3) is 0.0952. The molecular weight excluding hydrogens is 363 g/mol. The number of nitrogens with zero attached hydrogens (tertiary/aromatic N) is 1. The molecule has 0 saturated heterocycles. The second-order valence-electron chi connectivity index (χ2n) is 6.13. The number of aryl methyl sites for hydroxylation is 1. The average Bonchev–Trinajstić information content (AvgIpc) is 3.12. The molecule has 0 aliphatic carbocycles. The van der Waals surface area contributed by atoms with Gasteiger partial charge in [0.05, 0.1) is 18.2 Å². The summed E-state index contributed by atoms with van der Waals surface area (Å²) in [5.74, 6) is -0.691. The first-order valence-electron chi connectivity index (χ1n) is 8.43. The van der Waals surface area contributed by atoms with Crippen LogP contribution in [-0.4, -0.2) is 23.2 Å². The number of amides is 1. The Labute approximate surface area is 160 Å². The predicted octanol–water partition coefficient (Wildman–Crippen LogP) is 3.79. The van der Waals surface area contributed by atoms with Gasteiger partial charge in [0, 0.05) is 5.56 Å². The summed E-state index contributed by atoms with van der Waals surface area (Å²) in [6, 6.07) is 13.9. The Morgan fingerprint density at radius 3 is 2.57 bits per heavy atom. The smallest absolute Gasteiger partial charge is 0.335 e. The Morgan fingerprint density at radius 2 is 1.89 bits per heavy atom. The van der Waals surface area contributed by atoms with E-state index >= 15 is 0 Å². The van der Waals surface area contributed by atoms with Crippen molar-refractivity contribution < 1.29 is 23.5 Å². The number of hydrazone groups is 1. The molecule has 1 aromatic heterocycles. The third-order valence-corrected chi connectivity index (χ3v) is 4.02. The van der Waals surface area contributed by atoms with Crippen LogP contribution in [0.5, 0.6) is 0 Å². The third kappa shape index (κ3) is 4.70. The summed E-state index contributed by atoms with van der Waals surface area (Å²) in [4.78, 5) is 22.9. The highest BCUT2D eigenvalue weighted by molar-refractivity contribution is 5.89. The molecule has 28 heavy (non-hydrogen) atoms. The lowest BCUT2D eigenvalue weighted by Crippen LogP contribution is -2.19. The highest BCUT2D eigenvalue weighted by Gasteiger charge is 2.10. The van der Waals surface area contributed by atoms with Crippen molar-refractivity contribution in [3.63, 3.8) is 0 Å². The molecule has 2 aromatic carbocycles. The van der Waals surface area contributed by atoms with Gasteiger partial charge in [0.2, 0.25) is 5.91 Å². The molecule has 3 rings (SSSR count). The largest absolute Gasteiger partial charge is 0.478 e. The Balaban J connectivity index is 1.62. The number of hydrogen-bond donors (Lipinski definition) is 2. The van der Waals surface area contributed by atoms with E-state index in [1.807, 2.05) is 0 Å². The quantitative estimate of drug-likeness (QED) is 0.503. The van der Waals surface area contributed by atoms with Crippen molar-refractivity contribution in [2.45, 2.75) is 13.3 Å². The number of aromatic carboxylic acids is 1. The molecule has 0 bridgehead atoms. The van der Waals surface area contributed by atoms with Crippen molar-refractivity contribution in [2.75, 3.05) is 0 Å². The molecule has 0 saturated carbocycles. The number of nitrogens with one attached hydrogen (secondary N) is 1. The number of rotatable bonds is 6. The zero-order valence-electron chi connectivity index (χ0n) is 15.0. The minimum Gasteiger partial charge on any atom is -0.478 e. The molecule has 0 unspecified atom stereocenters. The maximum atomic E-state index is 12.9. The van der Waals surface area contributed by atoms with Gasteiger partial charge in [-0.15, -0.1) is 0 Å². The molecule has 1 amide bonds. The first-order valence-corrected chi connectivity index (χ1v) is 8.43. The molecule has 0 aliphatic heterocycles. The number of carbonyl (C=O) groups excluding carboxylic acids is 1. The topological polar surface area (TPSA) is 91.9 Å². The molecule has 2 N–H and O–H groups in total. The normalized spacial score (nSPS) is 10.9. The number of halogens is 1. The van der Waals surface area contributed by atoms with Crippen molar-refractivity contribution in [3.8, 4) is 11.3 Å². The average molecular weight is 380 g/mol. The monoisotopic (exact) mass is 380 g/mol. The minimum atomic E-state index is -0.988. The van der Waals surface area contributed by atoms with Gasteiger partial charge in [-0.3, -0.25) is 4.79 Å². The van der Waals surface area contributed by atoms with E-state index in [4.69, 9.17) is 9.52 Å². The van der Waals surface area contributed by atoms with Crippen LogP contribution in [0.15, 0.2) is 64.1 Å². The Morgan fingerprint density at radius 1 is 1.14 bits per heavy atom. The number of benzene rings is 2. The maximum Gasteiger partial charge on any atom is 0.335 e. The van der Waals surface area contributed by atoms with Crippen LogP contribution in [0.1, 0.15) is 27.2 Å². The van der Waals surface area contributed by atoms with Crippen LogP contribution >= 0.6 is 0 Å². The van der Waals surface area contributed by atoms with E-state index in [-0.39, 0.29) is 23.7 Å². The molecule has 7 heteroatoms. The lowest BCUT2D eigenvalue weighted by Gasteiger charge is -2.03. The molecule has 3 aromatic rings. The summed E-state index contributed by atoms with van der Waals surface area (Å²) in [6.07, 6.45) is 1.45. The fourth-order valence-corrected chi connectivity index (χ4v) is 2.64. The van der Waals surface area contributed by atoms with Gasteiger partial charge >= 0.3 is 5.97 Å². The minimum absolute atomic E-state index is 0.0795. The van der Waals surface area contributed by atoms with Crippen molar-refractivity contribution >= 4 is 18.1 Å². The lowest BCUT2D eigenvalue weighted by molar-refractivity contribution is -0.120. The highest BCUT2D eigenvalue weighted by Crippen LogP contribution is 2.26. The summed E-state index contributed by atoms with van der Waals surface area (Å²) >= 11 is 0. The standard InChI is InChI=1S/C21H17FN2O4/c1-13-10-15(21(26)27)4-8-18(13)19-9-7-17(28-19)12-23-24-20(25)11-14-2-5-16(22)6-3-14/h2-10,12H,11H2,1H3,(H,24,25)(H,26,27)/b23-12+. The van der Waals surface area contributed by atoms with Crippen LogP contribution in [0.2, 0.25) is 0 Å². The second kappa shape index (κ2) is 8.30. The van der Waals surface area contributed by atoms with Crippen LogP contribution in [0.3, 0.4) is 0 Å².